The molecule has 0 radical (unpaired) electrons. The van der Waals surface area contributed by atoms with Gasteiger partial charge in [-0.15, -0.1) is 0 Å². The molecular formula is C18H16N2O5. The molecule has 0 bridgehead atoms. The van der Waals surface area contributed by atoms with Crippen LogP contribution >= 0.6 is 0 Å². The van der Waals surface area contributed by atoms with Crippen LogP contribution in [-0.4, -0.2) is 24.4 Å². The number of hydrogen-bond donors (Lipinski definition) is 3. The van der Waals surface area contributed by atoms with E-state index in [4.69, 9.17) is 19.9 Å². The summed E-state index contributed by atoms with van der Waals surface area (Å²) in [6.45, 7) is 0. The van der Waals surface area contributed by atoms with Crippen molar-refractivity contribution in [3.63, 3.8) is 0 Å². The van der Waals surface area contributed by atoms with E-state index in [0.29, 0.717) is 22.6 Å². The lowest BCUT2D eigenvalue weighted by Gasteiger charge is -2.28. The lowest BCUT2D eigenvalue weighted by atomic mass is 9.82. The molecule has 0 saturated heterocycles. The van der Waals surface area contributed by atoms with E-state index in [0.717, 1.165) is 0 Å². The number of nitriles is 1. The van der Waals surface area contributed by atoms with Crippen LogP contribution in [0.15, 0.2) is 41.8 Å². The van der Waals surface area contributed by atoms with Gasteiger partial charge in [-0.1, -0.05) is 0 Å². The number of phenolic OH excluding ortho intramolecular Hbond substituents is 2. The number of ether oxygens (including phenoxy) is 3. The van der Waals surface area contributed by atoms with Gasteiger partial charge >= 0.3 is 0 Å². The Kier molecular flexibility index (Phi) is 4.03. The number of nitrogens with two attached hydrogens (primary N) is 1. The Bertz CT molecular complexity index is 914. The van der Waals surface area contributed by atoms with Gasteiger partial charge < -0.3 is 30.2 Å². The fraction of sp³-hybridized carbons (Fsp3) is 0.167. The van der Waals surface area contributed by atoms with Crippen LogP contribution in [0.3, 0.4) is 0 Å². The molecule has 1 aliphatic heterocycles. The number of rotatable bonds is 3. The molecule has 2 aromatic rings. The predicted molar refractivity (Wildman–Crippen MR) is 88.6 cm³/mol. The molecule has 7 heteroatoms. The highest BCUT2D eigenvalue weighted by atomic mass is 16.5. The van der Waals surface area contributed by atoms with Crippen molar-refractivity contribution in [3.05, 3.63) is 52.9 Å². The lowest BCUT2D eigenvalue weighted by molar-refractivity contribution is 0.369. The topological polar surface area (TPSA) is 118 Å². The second-order valence-corrected chi connectivity index (χ2v) is 5.41. The highest BCUT2D eigenvalue weighted by Crippen LogP contribution is 2.50. The molecular weight excluding hydrogens is 324 g/mol. The predicted octanol–water partition coefficient (Wildman–Crippen LogP) is 2.33. The maximum Gasteiger partial charge on any atom is 0.205 e. The number of methoxy groups -OCH3 is 2. The molecule has 0 fully saturated rings. The monoisotopic (exact) mass is 340 g/mol. The van der Waals surface area contributed by atoms with Crippen LogP contribution in [0.5, 0.6) is 28.7 Å². The Morgan fingerprint density at radius 1 is 1.16 bits per heavy atom. The zero-order valence-electron chi connectivity index (χ0n) is 13.6. The van der Waals surface area contributed by atoms with E-state index < -0.39 is 5.92 Å². The Morgan fingerprint density at radius 3 is 2.56 bits per heavy atom. The summed E-state index contributed by atoms with van der Waals surface area (Å²) >= 11 is 0. The van der Waals surface area contributed by atoms with E-state index in [1.54, 1.807) is 18.2 Å². The van der Waals surface area contributed by atoms with Gasteiger partial charge in [-0.2, -0.15) is 5.26 Å². The summed E-state index contributed by atoms with van der Waals surface area (Å²) in [5.41, 5.74) is 6.91. The average Bonchev–Trinajstić information content (AvgIpc) is 2.59. The maximum atomic E-state index is 10.4. The van der Waals surface area contributed by atoms with E-state index in [2.05, 4.69) is 0 Å². The molecule has 4 N–H and O–H groups in total. The summed E-state index contributed by atoms with van der Waals surface area (Å²) < 4.78 is 16.1. The molecule has 2 aromatic carbocycles. The first kappa shape index (κ1) is 16.3. The van der Waals surface area contributed by atoms with Crippen LogP contribution in [0, 0.1) is 11.3 Å². The summed E-state index contributed by atoms with van der Waals surface area (Å²) in [7, 11) is 3.02. The number of aromatic hydroxyl groups is 2. The molecule has 1 atom stereocenters. The second-order valence-electron chi connectivity index (χ2n) is 5.41. The van der Waals surface area contributed by atoms with Crippen molar-refractivity contribution in [1.29, 1.82) is 5.26 Å². The van der Waals surface area contributed by atoms with Crippen molar-refractivity contribution < 1.29 is 24.4 Å². The third-order valence-corrected chi connectivity index (χ3v) is 4.04. The second kappa shape index (κ2) is 6.17. The molecule has 0 aromatic heterocycles. The normalized spacial score (nSPS) is 15.8. The summed E-state index contributed by atoms with van der Waals surface area (Å²) in [5, 5.41) is 29.7. The molecule has 3 rings (SSSR count). The van der Waals surface area contributed by atoms with Crippen LogP contribution in [0.1, 0.15) is 17.0 Å². The van der Waals surface area contributed by atoms with Crippen molar-refractivity contribution in [3.8, 4) is 34.8 Å². The van der Waals surface area contributed by atoms with Gasteiger partial charge in [0.05, 0.1) is 20.1 Å². The first-order valence-corrected chi connectivity index (χ1v) is 7.35. The third-order valence-electron chi connectivity index (χ3n) is 4.04. The number of hydrogen-bond acceptors (Lipinski definition) is 7. The number of fused-ring (bicyclic) bond motifs is 1. The van der Waals surface area contributed by atoms with Crippen LogP contribution in [0.4, 0.5) is 0 Å². The summed E-state index contributed by atoms with van der Waals surface area (Å²) in [5.74, 6) is -0.0197. The van der Waals surface area contributed by atoms with E-state index in [1.807, 2.05) is 6.07 Å². The first-order valence-electron chi connectivity index (χ1n) is 7.35. The van der Waals surface area contributed by atoms with Gasteiger partial charge in [0.2, 0.25) is 5.88 Å². The van der Waals surface area contributed by atoms with Gasteiger partial charge in [0, 0.05) is 23.3 Å². The largest absolute Gasteiger partial charge is 0.508 e. The highest BCUT2D eigenvalue weighted by Gasteiger charge is 2.35. The fourth-order valence-electron chi connectivity index (χ4n) is 2.93. The first-order chi connectivity index (χ1) is 12.0. The Balaban J connectivity index is 2.33. The summed E-state index contributed by atoms with van der Waals surface area (Å²) in [6.07, 6.45) is 0. The van der Waals surface area contributed by atoms with Gasteiger partial charge in [0.1, 0.15) is 40.4 Å². The Labute approximate surface area is 144 Å². The van der Waals surface area contributed by atoms with E-state index in [1.165, 1.54) is 26.4 Å². The SMILES string of the molecule is COc1ccc(OC)c([C@@H]2C(C#N)=C(N)Oc3cc(O)cc(O)c32)c1. The summed E-state index contributed by atoms with van der Waals surface area (Å²) in [6, 6.07) is 9.67. The quantitative estimate of drug-likeness (QED) is 0.784. The molecule has 0 amide bonds. The molecule has 1 heterocycles. The molecule has 0 saturated carbocycles. The molecule has 128 valence electrons. The van der Waals surface area contributed by atoms with Crippen LogP contribution in [0.25, 0.3) is 0 Å². The van der Waals surface area contributed by atoms with Crippen molar-refractivity contribution in [2.75, 3.05) is 14.2 Å². The minimum atomic E-state index is -0.737. The molecule has 1 aliphatic rings. The van der Waals surface area contributed by atoms with Crippen LogP contribution < -0.4 is 19.9 Å². The Morgan fingerprint density at radius 2 is 1.92 bits per heavy atom. The van der Waals surface area contributed by atoms with Gasteiger partial charge in [-0.25, -0.2) is 0 Å². The average molecular weight is 340 g/mol. The molecule has 25 heavy (non-hydrogen) atoms. The van der Waals surface area contributed by atoms with E-state index in [-0.39, 0.29) is 28.7 Å². The van der Waals surface area contributed by atoms with Crippen molar-refractivity contribution >= 4 is 0 Å². The van der Waals surface area contributed by atoms with Gasteiger partial charge in [-0.3, -0.25) is 0 Å². The van der Waals surface area contributed by atoms with Crippen molar-refractivity contribution in [2.24, 2.45) is 5.73 Å². The van der Waals surface area contributed by atoms with Gasteiger partial charge in [0.25, 0.3) is 0 Å². The van der Waals surface area contributed by atoms with Gasteiger partial charge in [0.15, 0.2) is 0 Å². The standard InChI is InChI=1S/C18H16N2O5/c1-23-10-3-4-14(24-2)11(7-10)16-12(8-19)18(20)25-15-6-9(21)5-13(22)17(15)16/h3-7,16,21-22H,20H2,1-2H3/t16-/m1/s1. The fourth-order valence-corrected chi connectivity index (χ4v) is 2.93. The van der Waals surface area contributed by atoms with Crippen molar-refractivity contribution in [2.45, 2.75) is 5.92 Å². The number of allylic oxidation sites excluding steroid dienone is 1. The highest BCUT2D eigenvalue weighted by molar-refractivity contribution is 5.64. The maximum absolute atomic E-state index is 10.4. The van der Waals surface area contributed by atoms with E-state index >= 15 is 0 Å². The molecule has 0 unspecified atom stereocenters. The zero-order valence-corrected chi connectivity index (χ0v) is 13.6. The smallest absolute Gasteiger partial charge is 0.205 e. The number of phenols is 2. The zero-order chi connectivity index (χ0) is 18.1. The lowest BCUT2D eigenvalue weighted by Crippen LogP contribution is -2.21. The van der Waals surface area contributed by atoms with Crippen molar-refractivity contribution in [1.82, 2.24) is 0 Å². The van der Waals surface area contributed by atoms with Crippen LogP contribution in [-0.2, 0) is 0 Å². The minimum absolute atomic E-state index is 0.102. The minimum Gasteiger partial charge on any atom is -0.508 e. The summed E-state index contributed by atoms with van der Waals surface area (Å²) in [4.78, 5) is 0. The molecule has 0 aliphatic carbocycles. The van der Waals surface area contributed by atoms with Crippen LogP contribution in [0.2, 0.25) is 0 Å². The molecule has 7 nitrogen and oxygen atoms in total. The van der Waals surface area contributed by atoms with E-state index in [9.17, 15) is 15.5 Å². The Hall–Kier alpha value is -3.53. The van der Waals surface area contributed by atoms with Gasteiger partial charge in [-0.05, 0) is 18.2 Å². The third kappa shape index (κ3) is 2.64. The number of nitrogens with zero attached hydrogens (tertiary/aromatic N) is 1. The molecule has 0 spiro atoms. The number of benzene rings is 2.